The lowest BCUT2D eigenvalue weighted by Crippen LogP contribution is -2.41. The minimum absolute atomic E-state index is 0.383. The van der Waals surface area contributed by atoms with Crippen LogP contribution in [0.2, 0.25) is 0 Å². The number of pyridine rings is 1. The first-order valence-corrected chi connectivity index (χ1v) is 6.89. The molecule has 20 heavy (non-hydrogen) atoms. The summed E-state index contributed by atoms with van der Waals surface area (Å²) in [5.74, 6) is 0.490. The van der Waals surface area contributed by atoms with Crippen LogP contribution in [-0.2, 0) is 4.79 Å². The number of hydrogen-bond donors (Lipinski definition) is 2. The molecule has 1 fully saturated rings. The zero-order chi connectivity index (χ0) is 14.6. The smallest absolute Gasteiger partial charge is 0.311 e. The van der Waals surface area contributed by atoms with Crippen LogP contribution < -0.4 is 5.32 Å². The van der Waals surface area contributed by atoms with E-state index in [0.717, 1.165) is 12.8 Å². The summed E-state index contributed by atoms with van der Waals surface area (Å²) in [6, 6.07) is 5.39. The highest BCUT2D eigenvalue weighted by atomic mass is 16.4. The second kappa shape index (κ2) is 5.91. The maximum atomic E-state index is 11.6. The molecule has 5 heteroatoms. The van der Waals surface area contributed by atoms with Gasteiger partial charge in [-0.05, 0) is 43.7 Å². The van der Waals surface area contributed by atoms with Gasteiger partial charge in [0, 0.05) is 12.7 Å². The Morgan fingerprint density at radius 1 is 1.55 bits per heavy atom. The first kappa shape index (κ1) is 14.3. The number of carbonyl (C=O) groups is 1. The van der Waals surface area contributed by atoms with Gasteiger partial charge in [0.25, 0.3) is 0 Å². The highest BCUT2D eigenvalue weighted by Crippen LogP contribution is 2.39. The van der Waals surface area contributed by atoms with Crippen molar-refractivity contribution in [3.05, 3.63) is 23.9 Å². The van der Waals surface area contributed by atoms with Crippen molar-refractivity contribution in [2.24, 2.45) is 11.3 Å². The second-order valence-electron chi connectivity index (χ2n) is 5.67. The lowest BCUT2D eigenvalue weighted by Gasteiger charge is -2.35. The van der Waals surface area contributed by atoms with E-state index in [4.69, 9.17) is 5.26 Å². The standard InChI is InChI=1S/C15H19N3O2/c1-11-4-6-15(7-5-11,14(19)20)10-18-13-3-2-12(8-16)9-17-13/h2-3,9,11H,4-7,10H2,1H3,(H,17,18)(H,19,20). The van der Waals surface area contributed by atoms with Crippen molar-refractivity contribution >= 4 is 11.8 Å². The molecule has 5 nitrogen and oxygen atoms in total. The molecule has 2 N–H and O–H groups in total. The Labute approximate surface area is 118 Å². The van der Waals surface area contributed by atoms with Gasteiger partial charge in [-0.1, -0.05) is 6.92 Å². The molecule has 1 aromatic rings. The maximum Gasteiger partial charge on any atom is 0.311 e. The number of nitrogens with zero attached hydrogens (tertiary/aromatic N) is 2. The van der Waals surface area contributed by atoms with Gasteiger partial charge in [-0.15, -0.1) is 0 Å². The highest BCUT2D eigenvalue weighted by molar-refractivity contribution is 5.75. The van der Waals surface area contributed by atoms with E-state index in [-0.39, 0.29) is 0 Å². The van der Waals surface area contributed by atoms with Crippen LogP contribution in [0.4, 0.5) is 5.82 Å². The largest absolute Gasteiger partial charge is 0.481 e. The van der Waals surface area contributed by atoms with Crippen LogP contribution in [0.1, 0.15) is 38.2 Å². The minimum Gasteiger partial charge on any atom is -0.481 e. The van der Waals surface area contributed by atoms with E-state index in [2.05, 4.69) is 17.2 Å². The van der Waals surface area contributed by atoms with E-state index >= 15 is 0 Å². The number of nitrogens with one attached hydrogen (secondary N) is 1. The van der Waals surface area contributed by atoms with Crippen molar-refractivity contribution in [3.63, 3.8) is 0 Å². The van der Waals surface area contributed by atoms with Gasteiger partial charge in [-0.2, -0.15) is 5.26 Å². The first-order chi connectivity index (χ1) is 9.55. The molecule has 0 atom stereocenters. The SMILES string of the molecule is CC1CCC(CNc2ccc(C#N)cn2)(C(=O)O)CC1. The number of carboxylic acids is 1. The van der Waals surface area contributed by atoms with Crippen molar-refractivity contribution in [1.29, 1.82) is 5.26 Å². The van der Waals surface area contributed by atoms with Crippen molar-refractivity contribution in [2.75, 3.05) is 11.9 Å². The molecule has 0 aliphatic heterocycles. The predicted octanol–water partition coefficient (Wildman–Crippen LogP) is 2.65. The fourth-order valence-corrected chi connectivity index (χ4v) is 2.61. The van der Waals surface area contributed by atoms with E-state index in [1.165, 1.54) is 6.20 Å². The lowest BCUT2D eigenvalue weighted by molar-refractivity contribution is -0.150. The van der Waals surface area contributed by atoms with E-state index in [1.54, 1.807) is 12.1 Å². The van der Waals surface area contributed by atoms with Gasteiger partial charge in [-0.3, -0.25) is 4.79 Å². The molecule has 1 heterocycles. The Morgan fingerprint density at radius 3 is 2.75 bits per heavy atom. The van der Waals surface area contributed by atoms with Crippen LogP contribution >= 0.6 is 0 Å². The molecule has 0 amide bonds. The van der Waals surface area contributed by atoms with Gasteiger partial charge in [0.15, 0.2) is 0 Å². The maximum absolute atomic E-state index is 11.6. The van der Waals surface area contributed by atoms with Gasteiger partial charge in [-0.25, -0.2) is 4.98 Å². The van der Waals surface area contributed by atoms with Crippen molar-refractivity contribution in [1.82, 2.24) is 4.98 Å². The van der Waals surface area contributed by atoms with Crippen LogP contribution in [-0.4, -0.2) is 22.6 Å². The van der Waals surface area contributed by atoms with Gasteiger partial charge in [0.1, 0.15) is 11.9 Å². The van der Waals surface area contributed by atoms with Crippen LogP contribution in [0.15, 0.2) is 18.3 Å². The number of aromatic nitrogens is 1. The monoisotopic (exact) mass is 273 g/mol. The molecular formula is C15H19N3O2. The zero-order valence-electron chi connectivity index (χ0n) is 11.6. The molecule has 1 aliphatic carbocycles. The fraction of sp³-hybridized carbons (Fsp3) is 0.533. The van der Waals surface area contributed by atoms with E-state index in [9.17, 15) is 9.90 Å². The van der Waals surface area contributed by atoms with Gasteiger partial charge in [0.05, 0.1) is 11.0 Å². The van der Waals surface area contributed by atoms with Gasteiger partial charge < -0.3 is 10.4 Å². The van der Waals surface area contributed by atoms with Crippen LogP contribution in [0.5, 0.6) is 0 Å². The topological polar surface area (TPSA) is 86.0 Å². The number of anilines is 1. The van der Waals surface area contributed by atoms with Crippen molar-refractivity contribution in [3.8, 4) is 6.07 Å². The van der Waals surface area contributed by atoms with Crippen LogP contribution in [0, 0.1) is 22.7 Å². The number of aliphatic carboxylic acids is 1. The van der Waals surface area contributed by atoms with Crippen LogP contribution in [0.25, 0.3) is 0 Å². The zero-order valence-corrected chi connectivity index (χ0v) is 11.6. The average Bonchev–Trinajstić information content (AvgIpc) is 2.47. The predicted molar refractivity (Wildman–Crippen MR) is 75.1 cm³/mol. The molecule has 1 saturated carbocycles. The fourth-order valence-electron chi connectivity index (χ4n) is 2.61. The summed E-state index contributed by atoms with van der Waals surface area (Å²) in [6.45, 7) is 2.55. The van der Waals surface area contributed by atoms with Gasteiger partial charge in [0.2, 0.25) is 0 Å². The average molecular weight is 273 g/mol. The highest BCUT2D eigenvalue weighted by Gasteiger charge is 2.41. The molecule has 0 unspecified atom stereocenters. The third-order valence-electron chi connectivity index (χ3n) is 4.19. The molecule has 1 aromatic heterocycles. The summed E-state index contributed by atoms with van der Waals surface area (Å²) in [7, 11) is 0. The molecule has 0 saturated heterocycles. The third kappa shape index (κ3) is 3.08. The third-order valence-corrected chi connectivity index (χ3v) is 4.19. The molecular weight excluding hydrogens is 254 g/mol. The number of hydrogen-bond acceptors (Lipinski definition) is 4. The van der Waals surface area contributed by atoms with E-state index in [0.29, 0.717) is 36.7 Å². The Balaban J connectivity index is 2.02. The number of carboxylic acid groups (broad SMARTS) is 1. The van der Waals surface area contributed by atoms with Crippen molar-refractivity contribution in [2.45, 2.75) is 32.6 Å². The summed E-state index contributed by atoms with van der Waals surface area (Å²) in [6.07, 6.45) is 4.79. The lowest BCUT2D eigenvalue weighted by atomic mass is 9.71. The minimum atomic E-state index is -0.731. The molecule has 2 rings (SSSR count). The molecule has 0 radical (unpaired) electrons. The second-order valence-corrected chi connectivity index (χ2v) is 5.67. The summed E-state index contributed by atoms with van der Waals surface area (Å²) < 4.78 is 0. The van der Waals surface area contributed by atoms with Crippen molar-refractivity contribution < 1.29 is 9.90 Å². The molecule has 0 bridgehead atoms. The Morgan fingerprint density at radius 2 is 2.25 bits per heavy atom. The quantitative estimate of drug-likeness (QED) is 0.880. The summed E-state index contributed by atoms with van der Waals surface area (Å²) in [4.78, 5) is 15.7. The Hall–Kier alpha value is -2.09. The number of rotatable bonds is 4. The number of nitriles is 1. The normalized spacial score (nSPS) is 25.7. The Kier molecular flexibility index (Phi) is 4.23. The van der Waals surface area contributed by atoms with Crippen LogP contribution in [0.3, 0.4) is 0 Å². The molecule has 1 aliphatic rings. The summed E-state index contributed by atoms with van der Waals surface area (Å²) >= 11 is 0. The van der Waals surface area contributed by atoms with Gasteiger partial charge >= 0.3 is 5.97 Å². The molecule has 0 aromatic carbocycles. The summed E-state index contributed by atoms with van der Waals surface area (Å²) in [5, 5.41) is 21.3. The molecule has 106 valence electrons. The van der Waals surface area contributed by atoms with E-state index < -0.39 is 11.4 Å². The first-order valence-electron chi connectivity index (χ1n) is 6.89. The Bertz CT molecular complexity index is 511. The molecule has 0 spiro atoms. The summed E-state index contributed by atoms with van der Waals surface area (Å²) in [5.41, 5.74) is -0.197. The van der Waals surface area contributed by atoms with E-state index in [1.807, 2.05) is 6.07 Å².